The molecule has 0 spiro atoms. The van der Waals surface area contributed by atoms with E-state index in [1.165, 1.54) is 32.8 Å². The molecule has 0 radical (unpaired) electrons. The maximum absolute atomic E-state index is 6.12. The number of fused-ring (bicyclic) bond motifs is 2. The van der Waals surface area contributed by atoms with Gasteiger partial charge in [-0.3, -0.25) is 0 Å². The molecule has 5 rings (SSSR count). The highest BCUT2D eigenvalue weighted by molar-refractivity contribution is 5.81. The third-order valence-corrected chi connectivity index (χ3v) is 6.26. The van der Waals surface area contributed by atoms with Gasteiger partial charge in [-0.2, -0.15) is 0 Å². The molecule has 2 aliphatic rings. The van der Waals surface area contributed by atoms with Crippen LogP contribution < -0.4 is 25.8 Å². The van der Waals surface area contributed by atoms with Gasteiger partial charge in [-0.15, -0.1) is 0 Å². The molecule has 3 aromatic rings. The fourth-order valence-corrected chi connectivity index (χ4v) is 4.60. The topological polar surface area (TPSA) is 36.5 Å². The first-order valence-corrected chi connectivity index (χ1v) is 11.2. The lowest BCUT2D eigenvalue weighted by molar-refractivity contribution is 0.281. The third kappa shape index (κ3) is 3.84. The van der Waals surface area contributed by atoms with Crippen LogP contribution >= 0.6 is 0 Å². The molecule has 1 atom stereocenters. The Morgan fingerprint density at radius 3 is 2.69 bits per heavy atom. The predicted octanol–water partition coefficient (Wildman–Crippen LogP) is 4.53. The molecule has 2 N–H and O–H groups in total. The fourth-order valence-electron chi connectivity index (χ4n) is 4.60. The van der Waals surface area contributed by atoms with E-state index < -0.39 is 0 Å². The number of ether oxygens (including phenoxy) is 1. The van der Waals surface area contributed by atoms with Crippen molar-refractivity contribution in [2.24, 2.45) is 0 Å². The van der Waals surface area contributed by atoms with E-state index >= 15 is 0 Å². The SMILES string of the molecule is C=C/C=c1/cccc/c1=C(/C)N1CCOc2ccc(-c3ccc4c(c3)NC(C)N4)cc2C1. The molecule has 0 aliphatic carbocycles. The van der Waals surface area contributed by atoms with Gasteiger partial charge in [0.15, 0.2) is 0 Å². The lowest BCUT2D eigenvalue weighted by Gasteiger charge is -2.23. The summed E-state index contributed by atoms with van der Waals surface area (Å²) in [6.07, 6.45) is 4.17. The van der Waals surface area contributed by atoms with Crippen molar-refractivity contribution in [3.05, 3.63) is 89.3 Å². The van der Waals surface area contributed by atoms with Gasteiger partial charge >= 0.3 is 0 Å². The van der Waals surface area contributed by atoms with Crippen LogP contribution in [0.5, 0.6) is 5.75 Å². The highest BCUT2D eigenvalue weighted by Crippen LogP contribution is 2.35. The maximum Gasteiger partial charge on any atom is 0.124 e. The van der Waals surface area contributed by atoms with Gasteiger partial charge in [-0.05, 0) is 54.5 Å². The molecule has 32 heavy (non-hydrogen) atoms. The van der Waals surface area contributed by atoms with E-state index in [2.05, 4.69) is 103 Å². The molecule has 2 aliphatic heterocycles. The summed E-state index contributed by atoms with van der Waals surface area (Å²) in [6, 6.07) is 21.6. The average molecular weight is 424 g/mol. The van der Waals surface area contributed by atoms with Crippen LogP contribution in [0.3, 0.4) is 0 Å². The van der Waals surface area contributed by atoms with Crippen molar-refractivity contribution in [3.8, 4) is 16.9 Å². The number of hydrogen-bond acceptors (Lipinski definition) is 4. The molecule has 0 saturated carbocycles. The quantitative estimate of drug-likeness (QED) is 0.649. The Hall–Kier alpha value is -3.66. The van der Waals surface area contributed by atoms with Crippen molar-refractivity contribution >= 4 is 23.1 Å². The van der Waals surface area contributed by atoms with Crippen LogP contribution in [-0.4, -0.2) is 24.2 Å². The monoisotopic (exact) mass is 423 g/mol. The second-order valence-corrected chi connectivity index (χ2v) is 8.44. The van der Waals surface area contributed by atoms with Gasteiger partial charge in [-0.1, -0.05) is 55.1 Å². The second kappa shape index (κ2) is 8.46. The summed E-state index contributed by atoms with van der Waals surface area (Å²) < 4.78 is 6.12. The van der Waals surface area contributed by atoms with Crippen LogP contribution in [0, 0.1) is 0 Å². The molecule has 3 aromatic carbocycles. The predicted molar refractivity (Wildman–Crippen MR) is 134 cm³/mol. The van der Waals surface area contributed by atoms with E-state index in [-0.39, 0.29) is 6.17 Å². The number of benzene rings is 3. The van der Waals surface area contributed by atoms with Crippen molar-refractivity contribution in [2.45, 2.75) is 26.6 Å². The molecule has 162 valence electrons. The van der Waals surface area contributed by atoms with Crippen LogP contribution in [-0.2, 0) is 6.54 Å². The molecule has 0 bridgehead atoms. The molecule has 4 heteroatoms. The molecule has 0 fully saturated rings. The van der Waals surface area contributed by atoms with E-state index in [9.17, 15) is 0 Å². The van der Waals surface area contributed by atoms with Crippen LogP contribution in [0.4, 0.5) is 11.4 Å². The zero-order chi connectivity index (χ0) is 22.1. The zero-order valence-corrected chi connectivity index (χ0v) is 18.7. The standard InChI is InChI=1S/C28H29N3O/c1-4-7-21-8-5-6-9-25(21)19(2)31-14-15-32-28-13-11-22(16-24(28)18-31)23-10-12-26-27(17-23)30-20(3)29-26/h4-13,16-17,20,29-30H,1,14-15,18H2,2-3H3/b21-7-,25-19+. The minimum atomic E-state index is 0.258. The molecule has 0 amide bonds. The smallest absolute Gasteiger partial charge is 0.124 e. The van der Waals surface area contributed by atoms with E-state index in [0.29, 0.717) is 6.61 Å². The van der Waals surface area contributed by atoms with Crippen molar-refractivity contribution in [1.29, 1.82) is 0 Å². The lowest BCUT2D eigenvalue weighted by atomic mass is 10.0. The van der Waals surface area contributed by atoms with Crippen molar-refractivity contribution in [1.82, 2.24) is 4.90 Å². The van der Waals surface area contributed by atoms with Gasteiger partial charge < -0.3 is 20.3 Å². The van der Waals surface area contributed by atoms with E-state index in [4.69, 9.17) is 4.74 Å². The summed E-state index contributed by atoms with van der Waals surface area (Å²) in [4.78, 5) is 2.42. The Morgan fingerprint density at radius 1 is 1.03 bits per heavy atom. The first-order chi connectivity index (χ1) is 15.6. The van der Waals surface area contributed by atoms with Gasteiger partial charge in [0.1, 0.15) is 12.4 Å². The summed E-state index contributed by atoms with van der Waals surface area (Å²) in [5.74, 6) is 0.976. The maximum atomic E-state index is 6.12. The van der Waals surface area contributed by atoms with Gasteiger partial charge in [0.2, 0.25) is 0 Å². The summed E-state index contributed by atoms with van der Waals surface area (Å²) in [6.45, 7) is 10.5. The first-order valence-electron chi connectivity index (χ1n) is 11.2. The Morgan fingerprint density at radius 2 is 1.81 bits per heavy atom. The van der Waals surface area contributed by atoms with Gasteiger partial charge in [0, 0.05) is 23.0 Å². The zero-order valence-electron chi connectivity index (χ0n) is 18.7. The molecule has 4 nitrogen and oxygen atoms in total. The van der Waals surface area contributed by atoms with E-state index in [1.807, 2.05) is 6.08 Å². The van der Waals surface area contributed by atoms with Crippen LogP contribution in [0.1, 0.15) is 19.4 Å². The lowest BCUT2D eigenvalue weighted by Crippen LogP contribution is -2.34. The largest absolute Gasteiger partial charge is 0.491 e. The summed E-state index contributed by atoms with van der Waals surface area (Å²) >= 11 is 0. The molecule has 0 saturated heterocycles. The second-order valence-electron chi connectivity index (χ2n) is 8.44. The number of rotatable bonds is 3. The molecule has 1 unspecified atom stereocenters. The Balaban J connectivity index is 1.51. The first kappa shape index (κ1) is 20.3. The normalized spacial score (nSPS) is 18.5. The van der Waals surface area contributed by atoms with Crippen molar-refractivity contribution < 1.29 is 4.74 Å². The highest BCUT2D eigenvalue weighted by Gasteiger charge is 2.19. The van der Waals surface area contributed by atoms with Gasteiger partial charge in [0.05, 0.1) is 24.1 Å². The number of allylic oxidation sites excluding steroid dienone is 1. The minimum Gasteiger partial charge on any atom is -0.491 e. The van der Waals surface area contributed by atoms with E-state index in [1.54, 1.807) is 0 Å². The molecule has 2 heterocycles. The van der Waals surface area contributed by atoms with Crippen molar-refractivity contribution in [3.63, 3.8) is 0 Å². The molecular formula is C28H29N3O. The number of nitrogens with zero attached hydrogens (tertiary/aromatic N) is 1. The number of hydrogen-bond donors (Lipinski definition) is 2. The van der Waals surface area contributed by atoms with Gasteiger partial charge in [0.25, 0.3) is 0 Å². The Kier molecular flexibility index (Phi) is 5.36. The fraction of sp³-hybridized carbons (Fsp3) is 0.214. The Labute approximate surface area is 189 Å². The van der Waals surface area contributed by atoms with Crippen LogP contribution in [0.15, 0.2) is 73.3 Å². The number of nitrogens with one attached hydrogen (secondary N) is 2. The van der Waals surface area contributed by atoms with Crippen LogP contribution in [0.2, 0.25) is 0 Å². The molecule has 0 aromatic heterocycles. The summed E-state index contributed by atoms with van der Waals surface area (Å²) in [5.41, 5.74) is 7.19. The van der Waals surface area contributed by atoms with Crippen molar-refractivity contribution in [2.75, 3.05) is 23.8 Å². The van der Waals surface area contributed by atoms with E-state index in [0.717, 1.165) is 30.2 Å². The highest BCUT2D eigenvalue weighted by atomic mass is 16.5. The van der Waals surface area contributed by atoms with Crippen LogP contribution in [0.25, 0.3) is 22.9 Å². The molecular weight excluding hydrogens is 394 g/mol. The summed E-state index contributed by atoms with van der Waals surface area (Å²) in [7, 11) is 0. The third-order valence-electron chi connectivity index (χ3n) is 6.26. The Bertz CT molecular complexity index is 1290. The number of anilines is 2. The average Bonchev–Trinajstić information content (AvgIpc) is 3.04. The van der Waals surface area contributed by atoms with Gasteiger partial charge in [-0.25, -0.2) is 0 Å². The summed E-state index contributed by atoms with van der Waals surface area (Å²) in [5, 5.41) is 9.33. The minimum absolute atomic E-state index is 0.258.